The number of rotatable bonds is 10. The third-order valence-electron chi connectivity index (χ3n) is 3.67. The first kappa shape index (κ1) is 20.1. The molecular formula is C14H27NO5S. The summed E-state index contributed by atoms with van der Waals surface area (Å²) in [6, 6.07) is 0. The van der Waals surface area contributed by atoms with E-state index >= 15 is 0 Å². The van der Waals surface area contributed by atoms with E-state index in [-0.39, 0.29) is 5.57 Å². The van der Waals surface area contributed by atoms with Gasteiger partial charge in [-0.05, 0) is 32.9 Å². The molecular weight excluding hydrogens is 294 g/mol. The van der Waals surface area contributed by atoms with E-state index < -0.39 is 21.0 Å². The number of carbonyl (C=O) groups excluding carboxylic acids is 1. The third-order valence-corrected chi connectivity index (χ3v) is 5.54. The van der Waals surface area contributed by atoms with E-state index in [0.29, 0.717) is 32.4 Å². The summed E-state index contributed by atoms with van der Waals surface area (Å²) in [7, 11) is -4.10. The molecule has 0 amide bonds. The molecule has 1 unspecified atom stereocenters. The highest BCUT2D eigenvalue weighted by atomic mass is 32.2. The lowest BCUT2D eigenvalue weighted by molar-refractivity contribution is -0.208. The SMILES string of the molecule is C=C(CCC)C(=O)OOS(=O)(=O)C(C)(CC)N(CC)CC. The zero-order valence-corrected chi connectivity index (χ0v) is 14.5. The minimum Gasteiger partial charge on any atom is -0.283 e. The number of nitrogens with zero attached hydrogens (tertiary/aromatic N) is 1. The molecule has 0 N–H and O–H groups in total. The Morgan fingerprint density at radius 3 is 2.10 bits per heavy atom. The lowest BCUT2D eigenvalue weighted by atomic mass is 10.2. The largest absolute Gasteiger partial charge is 0.370 e. The Bertz CT molecular complexity index is 456. The number of carbonyl (C=O) groups is 1. The van der Waals surface area contributed by atoms with Gasteiger partial charge in [0.1, 0.15) is 4.87 Å². The topological polar surface area (TPSA) is 72.9 Å². The highest BCUT2D eigenvalue weighted by Gasteiger charge is 2.44. The highest BCUT2D eigenvalue weighted by Crippen LogP contribution is 2.28. The van der Waals surface area contributed by atoms with Gasteiger partial charge in [0.2, 0.25) is 0 Å². The van der Waals surface area contributed by atoms with Gasteiger partial charge in [-0.2, -0.15) is 8.42 Å². The van der Waals surface area contributed by atoms with Crippen molar-refractivity contribution in [1.29, 1.82) is 0 Å². The molecule has 6 nitrogen and oxygen atoms in total. The number of hydrogen-bond donors (Lipinski definition) is 0. The summed E-state index contributed by atoms with van der Waals surface area (Å²) in [5, 5.41) is 0. The lowest BCUT2D eigenvalue weighted by Crippen LogP contribution is -2.52. The van der Waals surface area contributed by atoms with Crippen LogP contribution in [-0.4, -0.2) is 37.2 Å². The fraction of sp³-hybridized carbons (Fsp3) is 0.786. The Hall–Kier alpha value is -0.920. The average Bonchev–Trinajstić information content (AvgIpc) is 2.45. The summed E-state index contributed by atoms with van der Waals surface area (Å²) in [6.45, 7) is 13.5. The van der Waals surface area contributed by atoms with Gasteiger partial charge in [-0.25, -0.2) is 4.79 Å². The van der Waals surface area contributed by atoms with Crippen LogP contribution in [0.15, 0.2) is 12.2 Å². The molecule has 0 saturated heterocycles. The van der Waals surface area contributed by atoms with Gasteiger partial charge < -0.3 is 0 Å². The van der Waals surface area contributed by atoms with Crippen LogP contribution in [0.1, 0.15) is 53.9 Å². The monoisotopic (exact) mass is 321 g/mol. The Morgan fingerprint density at radius 1 is 1.19 bits per heavy atom. The standard InChI is InChI=1S/C14H27NO5S/c1-7-11-12(5)13(16)19-20-21(17,18)14(6,8-2)15(9-3)10-4/h5,7-11H2,1-4,6H3. The van der Waals surface area contributed by atoms with Gasteiger partial charge in [0, 0.05) is 5.57 Å². The number of hydrogen-bond acceptors (Lipinski definition) is 6. The second kappa shape index (κ2) is 8.51. The van der Waals surface area contributed by atoms with Crippen molar-refractivity contribution in [1.82, 2.24) is 4.90 Å². The van der Waals surface area contributed by atoms with E-state index in [0.717, 1.165) is 0 Å². The summed E-state index contributed by atoms with van der Waals surface area (Å²) >= 11 is 0. The summed E-state index contributed by atoms with van der Waals surface area (Å²) in [4.78, 5) is 16.5. The van der Waals surface area contributed by atoms with Gasteiger partial charge >= 0.3 is 16.1 Å². The fourth-order valence-corrected chi connectivity index (χ4v) is 3.29. The Morgan fingerprint density at radius 2 is 1.71 bits per heavy atom. The first-order valence-corrected chi connectivity index (χ1v) is 8.68. The van der Waals surface area contributed by atoms with Gasteiger partial charge in [0.25, 0.3) is 0 Å². The van der Waals surface area contributed by atoms with Crippen molar-refractivity contribution < 1.29 is 22.4 Å². The molecule has 0 heterocycles. The van der Waals surface area contributed by atoms with E-state index in [1.807, 2.05) is 20.8 Å². The molecule has 0 fully saturated rings. The van der Waals surface area contributed by atoms with Crippen LogP contribution in [0.25, 0.3) is 0 Å². The normalized spacial score (nSPS) is 14.8. The molecule has 0 aromatic rings. The fourth-order valence-electron chi connectivity index (χ4n) is 2.06. The molecule has 0 aliphatic rings. The van der Waals surface area contributed by atoms with Gasteiger partial charge in [0.15, 0.2) is 0 Å². The van der Waals surface area contributed by atoms with Crippen molar-refractivity contribution in [3.8, 4) is 0 Å². The molecule has 0 spiro atoms. The zero-order valence-electron chi connectivity index (χ0n) is 13.6. The molecule has 0 aromatic carbocycles. The van der Waals surface area contributed by atoms with Crippen LogP contribution in [-0.2, 0) is 24.1 Å². The molecule has 7 heteroatoms. The lowest BCUT2D eigenvalue weighted by Gasteiger charge is -2.37. The summed E-state index contributed by atoms with van der Waals surface area (Å²) in [5.74, 6) is -0.849. The third kappa shape index (κ3) is 4.79. The van der Waals surface area contributed by atoms with E-state index in [9.17, 15) is 13.2 Å². The van der Waals surface area contributed by atoms with Crippen LogP contribution in [0, 0.1) is 0 Å². The summed E-state index contributed by atoms with van der Waals surface area (Å²) in [6.07, 6.45) is 1.46. The van der Waals surface area contributed by atoms with Crippen molar-refractivity contribution in [2.75, 3.05) is 13.1 Å². The van der Waals surface area contributed by atoms with Crippen LogP contribution in [0.3, 0.4) is 0 Å². The molecule has 1 atom stereocenters. The maximum absolute atomic E-state index is 12.4. The molecule has 0 aromatic heterocycles. The Balaban J connectivity index is 5.03. The zero-order chi connectivity index (χ0) is 16.7. The summed E-state index contributed by atoms with van der Waals surface area (Å²) < 4.78 is 29.2. The predicted octanol–water partition coefficient (Wildman–Crippen LogP) is 2.62. The van der Waals surface area contributed by atoms with Crippen LogP contribution in [0.5, 0.6) is 0 Å². The van der Waals surface area contributed by atoms with Gasteiger partial charge in [-0.1, -0.05) is 45.0 Å². The maximum Gasteiger partial charge on any atom is 0.370 e. The first-order chi connectivity index (χ1) is 9.70. The highest BCUT2D eigenvalue weighted by molar-refractivity contribution is 7.88. The minimum atomic E-state index is -4.10. The molecule has 0 aliphatic carbocycles. The van der Waals surface area contributed by atoms with Crippen molar-refractivity contribution in [3.05, 3.63) is 12.2 Å². The predicted molar refractivity (Wildman–Crippen MR) is 81.8 cm³/mol. The van der Waals surface area contributed by atoms with E-state index in [1.165, 1.54) is 0 Å². The van der Waals surface area contributed by atoms with Gasteiger partial charge in [0.05, 0.1) is 0 Å². The van der Waals surface area contributed by atoms with Crippen LogP contribution in [0.2, 0.25) is 0 Å². The van der Waals surface area contributed by atoms with Crippen molar-refractivity contribution >= 4 is 16.1 Å². The Kier molecular flexibility index (Phi) is 8.13. The van der Waals surface area contributed by atoms with Crippen molar-refractivity contribution in [2.45, 2.75) is 58.8 Å². The van der Waals surface area contributed by atoms with Crippen LogP contribution >= 0.6 is 0 Å². The second-order valence-corrected chi connectivity index (χ2v) is 6.87. The van der Waals surface area contributed by atoms with Crippen molar-refractivity contribution in [2.24, 2.45) is 0 Å². The van der Waals surface area contributed by atoms with E-state index in [1.54, 1.807) is 18.7 Å². The molecule has 124 valence electrons. The van der Waals surface area contributed by atoms with Gasteiger partial charge in [-0.15, -0.1) is 0 Å². The quantitative estimate of drug-likeness (QED) is 0.350. The molecule has 21 heavy (non-hydrogen) atoms. The van der Waals surface area contributed by atoms with E-state index in [2.05, 4.69) is 15.8 Å². The smallest absolute Gasteiger partial charge is 0.283 e. The first-order valence-electron chi connectivity index (χ1n) is 7.27. The molecule has 0 saturated carbocycles. The minimum absolute atomic E-state index is 0.189. The maximum atomic E-state index is 12.4. The van der Waals surface area contributed by atoms with E-state index in [4.69, 9.17) is 0 Å². The molecule has 0 bridgehead atoms. The average molecular weight is 321 g/mol. The Labute approximate surface area is 128 Å². The van der Waals surface area contributed by atoms with Crippen LogP contribution in [0.4, 0.5) is 0 Å². The molecule has 0 radical (unpaired) electrons. The van der Waals surface area contributed by atoms with Crippen LogP contribution < -0.4 is 0 Å². The molecule has 0 rings (SSSR count). The van der Waals surface area contributed by atoms with Gasteiger partial charge in [-0.3, -0.25) is 9.79 Å². The van der Waals surface area contributed by atoms with Crippen molar-refractivity contribution in [3.63, 3.8) is 0 Å². The summed E-state index contributed by atoms with van der Waals surface area (Å²) in [5.41, 5.74) is 0.189. The molecule has 0 aliphatic heterocycles. The second-order valence-electron chi connectivity index (χ2n) is 4.95.